The van der Waals surface area contributed by atoms with Crippen LogP contribution in [0.25, 0.3) is 15.9 Å². The van der Waals surface area contributed by atoms with E-state index in [-0.39, 0.29) is 18.5 Å². The quantitative estimate of drug-likeness (QED) is 0.571. The van der Waals surface area contributed by atoms with Crippen LogP contribution in [0.5, 0.6) is 11.5 Å². The number of likely N-dealkylation sites (tertiary alicyclic amines) is 1. The van der Waals surface area contributed by atoms with E-state index in [1.165, 1.54) is 30.1 Å². The fourth-order valence-corrected chi connectivity index (χ4v) is 5.61. The molecule has 0 saturated carbocycles. The Morgan fingerprint density at radius 3 is 2.58 bits per heavy atom. The molecule has 0 N–H and O–H groups in total. The summed E-state index contributed by atoms with van der Waals surface area (Å²) in [6.45, 7) is 6.40. The van der Waals surface area contributed by atoms with Gasteiger partial charge in [0.15, 0.2) is 0 Å². The highest BCUT2D eigenvalue weighted by Crippen LogP contribution is 2.30. The summed E-state index contributed by atoms with van der Waals surface area (Å²) in [5, 5.41) is 0.453. The van der Waals surface area contributed by atoms with Crippen molar-refractivity contribution in [3.63, 3.8) is 0 Å². The molecule has 0 radical (unpaired) electrons. The highest BCUT2D eigenvalue weighted by Gasteiger charge is 2.27. The number of nitrogens with zero attached hydrogens (tertiary/aromatic N) is 3. The molecule has 1 fully saturated rings. The van der Waals surface area contributed by atoms with E-state index in [2.05, 4.69) is 0 Å². The van der Waals surface area contributed by atoms with Gasteiger partial charge in [-0.3, -0.25) is 14.2 Å². The van der Waals surface area contributed by atoms with E-state index in [0.717, 1.165) is 34.3 Å². The molecule has 176 valence electrons. The minimum Gasteiger partial charge on any atom is -0.497 e. The summed E-state index contributed by atoms with van der Waals surface area (Å²) in [4.78, 5) is 43.9. The van der Waals surface area contributed by atoms with Gasteiger partial charge in [-0.25, -0.2) is 9.36 Å². The van der Waals surface area contributed by atoms with E-state index in [1.54, 1.807) is 18.2 Å². The molecule has 1 amide bonds. The number of amides is 1. The van der Waals surface area contributed by atoms with Crippen LogP contribution in [0.4, 0.5) is 0 Å². The van der Waals surface area contributed by atoms with E-state index in [1.807, 2.05) is 25.7 Å². The summed E-state index contributed by atoms with van der Waals surface area (Å²) < 4.78 is 13.3. The molecule has 1 aromatic carbocycles. The molecule has 0 spiro atoms. The first kappa shape index (κ1) is 23.1. The molecule has 0 bridgehead atoms. The Kier molecular flexibility index (Phi) is 6.34. The Morgan fingerprint density at radius 2 is 1.91 bits per heavy atom. The van der Waals surface area contributed by atoms with Crippen molar-refractivity contribution in [3.05, 3.63) is 49.5 Å². The van der Waals surface area contributed by atoms with Crippen molar-refractivity contribution in [3.8, 4) is 17.2 Å². The molecule has 0 aliphatic carbocycles. The standard InChI is InChI=1S/C24H29N3O5S/c1-14-8-6-7-11-25(14)20(28)13-26-23-21(15(2)16(3)33-23)22(29)27(24(26)30)18-10-9-17(31-4)12-19(18)32-5/h9-10,12,14H,6-8,11,13H2,1-5H3/t14-/m0/s1. The van der Waals surface area contributed by atoms with Gasteiger partial charge in [0.05, 0.1) is 25.3 Å². The number of aryl methyl sites for hydroxylation is 2. The number of benzene rings is 1. The predicted octanol–water partition coefficient (Wildman–Crippen LogP) is 3.25. The van der Waals surface area contributed by atoms with Crippen molar-refractivity contribution in [1.29, 1.82) is 0 Å². The van der Waals surface area contributed by atoms with Gasteiger partial charge in [0.25, 0.3) is 5.56 Å². The van der Waals surface area contributed by atoms with Gasteiger partial charge in [-0.05, 0) is 57.7 Å². The minimum absolute atomic E-state index is 0.110. The van der Waals surface area contributed by atoms with Gasteiger partial charge in [-0.2, -0.15) is 0 Å². The lowest BCUT2D eigenvalue weighted by Gasteiger charge is -2.33. The third kappa shape index (κ3) is 3.94. The van der Waals surface area contributed by atoms with E-state index in [0.29, 0.717) is 33.9 Å². The van der Waals surface area contributed by atoms with E-state index >= 15 is 0 Å². The van der Waals surface area contributed by atoms with Gasteiger partial charge in [-0.15, -0.1) is 11.3 Å². The number of methoxy groups -OCH3 is 2. The van der Waals surface area contributed by atoms with E-state index < -0.39 is 11.2 Å². The number of rotatable bonds is 5. The van der Waals surface area contributed by atoms with Crippen molar-refractivity contribution in [2.45, 2.75) is 52.6 Å². The summed E-state index contributed by atoms with van der Waals surface area (Å²) in [6, 6.07) is 5.06. The molecule has 1 atom stereocenters. The molecule has 33 heavy (non-hydrogen) atoms. The lowest BCUT2D eigenvalue weighted by molar-refractivity contribution is -0.135. The fraction of sp³-hybridized carbons (Fsp3) is 0.458. The van der Waals surface area contributed by atoms with Crippen molar-refractivity contribution in [2.24, 2.45) is 0 Å². The average molecular weight is 472 g/mol. The summed E-state index contributed by atoms with van der Waals surface area (Å²) in [5.41, 5.74) is 0.144. The van der Waals surface area contributed by atoms with Crippen LogP contribution in [0.3, 0.4) is 0 Å². The summed E-state index contributed by atoms with van der Waals surface area (Å²) >= 11 is 1.37. The molecule has 1 saturated heterocycles. The Balaban J connectivity index is 1.95. The number of thiophene rings is 1. The second kappa shape index (κ2) is 9.05. The van der Waals surface area contributed by atoms with Gasteiger partial charge in [0.1, 0.15) is 22.9 Å². The van der Waals surface area contributed by atoms with Crippen LogP contribution in [-0.2, 0) is 11.3 Å². The molecule has 3 aromatic rings. The number of carbonyl (C=O) groups is 1. The maximum Gasteiger partial charge on any atom is 0.337 e. The number of aromatic nitrogens is 2. The highest BCUT2D eigenvalue weighted by molar-refractivity contribution is 7.18. The van der Waals surface area contributed by atoms with Crippen molar-refractivity contribution in [1.82, 2.24) is 14.0 Å². The zero-order chi connectivity index (χ0) is 23.9. The Morgan fingerprint density at radius 1 is 1.15 bits per heavy atom. The number of ether oxygens (including phenoxy) is 2. The first-order valence-electron chi connectivity index (χ1n) is 11.1. The zero-order valence-electron chi connectivity index (χ0n) is 19.6. The molecule has 9 heteroatoms. The van der Waals surface area contributed by atoms with Crippen molar-refractivity contribution in [2.75, 3.05) is 20.8 Å². The molecule has 1 aliphatic rings. The van der Waals surface area contributed by atoms with Gasteiger partial charge < -0.3 is 14.4 Å². The first-order chi connectivity index (χ1) is 15.8. The zero-order valence-corrected chi connectivity index (χ0v) is 20.5. The van der Waals surface area contributed by atoms with Gasteiger partial charge in [-0.1, -0.05) is 0 Å². The largest absolute Gasteiger partial charge is 0.497 e. The van der Waals surface area contributed by atoms with Crippen molar-refractivity contribution >= 4 is 27.5 Å². The van der Waals surface area contributed by atoms with Crippen molar-refractivity contribution < 1.29 is 14.3 Å². The number of hydrogen-bond donors (Lipinski definition) is 0. The number of hydrogen-bond acceptors (Lipinski definition) is 6. The van der Waals surface area contributed by atoms with Crippen LogP contribution >= 0.6 is 11.3 Å². The number of piperidine rings is 1. The third-order valence-corrected chi connectivity index (χ3v) is 7.73. The third-order valence-electron chi connectivity index (χ3n) is 6.50. The Bertz CT molecular complexity index is 1340. The number of fused-ring (bicyclic) bond motifs is 1. The summed E-state index contributed by atoms with van der Waals surface area (Å²) in [6.07, 6.45) is 3.01. The van der Waals surface area contributed by atoms with E-state index in [9.17, 15) is 14.4 Å². The minimum atomic E-state index is -0.560. The first-order valence-corrected chi connectivity index (χ1v) is 11.9. The molecular formula is C24H29N3O5S. The van der Waals surface area contributed by atoms with Crippen LogP contribution < -0.4 is 20.7 Å². The monoisotopic (exact) mass is 471 g/mol. The van der Waals surface area contributed by atoms with Crippen LogP contribution in [0.15, 0.2) is 27.8 Å². The summed E-state index contributed by atoms with van der Waals surface area (Å²) in [5.74, 6) is 0.767. The fourth-order valence-electron chi connectivity index (χ4n) is 4.47. The topological polar surface area (TPSA) is 82.8 Å². The second-order valence-electron chi connectivity index (χ2n) is 8.44. The molecule has 0 unspecified atom stereocenters. The maximum atomic E-state index is 13.7. The maximum absolute atomic E-state index is 13.7. The average Bonchev–Trinajstić information content (AvgIpc) is 3.11. The molecular weight excluding hydrogens is 442 g/mol. The smallest absolute Gasteiger partial charge is 0.337 e. The second-order valence-corrected chi connectivity index (χ2v) is 9.65. The van der Waals surface area contributed by atoms with Gasteiger partial charge >= 0.3 is 5.69 Å². The molecule has 2 aromatic heterocycles. The molecule has 4 rings (SSSR count). The van der Waals surface area contributed by atoms with Crippen LogP contribution in [0.1, 0.15) is 36.6 Å². The van der Waals surface area contributed by atoms with Gasteiger partial charge in [0, 0.05) is 23.5 Å². The van der Waals surface area contributed by atoms with E-state index in [4.69, 9.17) is 9.47 Å². The molecule has 1 aliphatic heterocycles. The lowest BCUT2D eigenvalue weighted by Crippen LogP contribution is -2.46. The Hall–Kier alpha value is -3.07. The highest BCUT2D eigenvalue weighted by atomic mass is 32.1. The number of carbonyl (C=O) groups excluding carboxylic acids is 1. The van der Waals surface area contributed by atoms with Gasteiger partial charge in [0.2, 0.25) is 5.91 Å². The van der Waals surface area contributed by atoms with Crippen LogP contribution in [-0.4, -0.2) is 46.7 Å². The van der Waals surface area contributed by atoms with Crippen LogP contribution in [0.2, 0.25) is 0 Å². The Labute approximate surface area is 196 Å². The molecule has 8 nitrogen and oxygen atoms in total. The summed E-state index contributed by atoms with van der Waals surface area (Å²) in [7, 11) is 3.01. The SMILES string of the molecule is COc1ccc(-n2c(=O)c3c(C)c(C)sc3n(CC(=O)N3CCCC[C@@H]3C)c2=O)c(OC)c1. The molecule has 3 heterocycles. The predicted molar refractivity (Wildman–Crippen MR) is 129 cm³/mol. The lowest BCUT2D eigenvalue weighted by atomic mass is 10.0. The van der Waals surface area contributed by atoms with Crippen LogP contribution in [0, 0.1) is 13.8 Å². The normalized spacial score (nSPS) is 16.3.